The average molecular weight is 265 g/mol. The van der Waals surface area contributed by atoms with Gasteiger partial charge >= 0.3 is 0 Å². The van der Waals surface area contributed by atoms with Gasteiger partial charge in [0.1, 0.15) is 5.69 Å². The van der Waals surface area contributed by atoms with Gasteiger partial charge in [-0.15, -0.1) is 0 Å². The number of nitrogens with one attached hydrogen (secondary N) is 2. The lowest BCUT2D eigenvalue weighted by atomic mass is 10.1. The second kappa shape index (κ2) is 6.73. The Morgan fingerprint density at radius 3 is 3.00 bits per heavy atom. The Morgan fingerprint density at radius 2 is 2.32 bits per heavy atom. The molecular formula is C14H23N3O2. The molecule has 1 unspecified atom stereocenters. The summed E-state index contributed by atoms with van der Waals surface area (Å²) in [4.78, 5) is 12.2. The largest absolute Gasteiger partial charge is 0.396 e. The van der Waals surface area contributed by atoms with E-state index in [0.29, 0.717) is 12.6 Å². The van der Waals surface area contributed by atoms with Crippen LogP contribution < -0.4 is 10.6 Å². The maximum absolute atomic E-state index is 12.2. The number of hydrogen-bond acceptors (Lipinski definition) is 3. The molecule has 1 aromatic rings. The Kier molecular flexibility index (Phi) is 4.99. The molecule has 19 heavy (non-hydrogen) atoms. The van der Waals surface area contributed by atoms with E-state index in [1.165, 1.54) is 0 Å². The Morgan fingerprint density at radius 1 is 1.58 bits per heavy atom. The predicted octanol–water partition coefficient (Wildman–Crippen LogP) is 0.771. The molecule has 1 atom stereocenters. The van der Waals surface area contributed by atoms with Crippen LogP contribution in [0.25, 0.3) is 0 Å². The van der Waals surface area contributed by atoms with Gasteiger partial charge in [0.05, 0.1) is 0 Å². The minimum Gasteiger partial charge on any atom is -0.396 e. The van der Waals surface area contributed by atoms with Crippen LogP contribution in [0.1, 0.15) is 36.3 Å². The lowest BCUT2D eigenvalue weighted by molar-refractivity contribution is 0.0929. The normalized spacial score (nSPS) is 18.2. The van der Waals surface area contributed by atoms with E-state index in [-0.39, 0.29) is 18.4 Å². The van der Waals surface area contributed by atoms with Crippen molar-refractivity contribution in [3.63, 3.8) is 0 Å². The molecule has 1 aliphatic rings. The van der Waals surface area contributed by atoms with E-state index in [1.807, 2.05) is 25.3 Å². The quantitative estimate of drug-likeness (QED) is 0.737. The number of aliphatic hydroxyl groups is 1. The van der Waals surface area contributed by atoms with Gasteiger partial charge in [-0.25, -0.2) is 0 Å². The molecule has 1 fully saturated rings. The summed E-state index contributed by atoms with van der Waals surface area (Å²) in [5.74, 6) is 0.0371. The predicted molar refractivity (Wildman–Crippen MR) is 74.2 cm³/mol. The van der Waals surface area contributed by atoms with E-state index >= 15 is 0 Å². The van der Waals surface area contributed by atoms with Gasteiger partial charge in [0.2, 0.25) is 0 Å². The fourth-order valence-electron chi connectivity index (χ4n) is 2.41. The molecule has 0 saturated carbocycles. The van der Waals surface area contributed by atoms with Crippen LogP contribution in [0.3, 0.4) is 0 Å². The molecule has 1 aliphatic heterocycles. The van der Waals surface area contributed by atoms with Gasteiger partial charge in [-0.1, -0.05) is 6.92 Å². The van der Waals surface area contributed by atoms with Crippen molar-refractivity contribution < 1.29 is 9.90 Å². The van der Waals surface area contributed by atoms with E-state index in [0.717, 1.165) is 31.6 Å². The number of aliphatic hydroxyl groups excluding tert-OH is 1. The third-order valence-electron chi connectivity index (χ3n) is 3.64. The highest BCUT2D eigenvalue weighted by Gasteiger charge is 2.19. The molecule has 1 saturated heterocycles. The van der Waals surface area contributed by atoms with Gasteiger partial charge in [0, 0.05) is 25.4 Å². The van der Waals surface area contributed by atoms with Crippen LogP contribution in [0.15, 0.2) is 18.3 Å². The van der Waals surface area contributed by atoms with Crippen molar-refractivity contribution in [3.05, 3.63) is 24.0 Å². The van der Waals surface area contributed by atoms with Crippen molar-refractivity contribution in [1.82, 2.24) is 15.2 Å². The van der Waals surface area contributed by atoms with Crippen molar-refractivity contribution in [2.45, 2.75) is 25.8 Å². The van der Waals surface area contributed by atoms with Crippen LogP contribution in [0.4, 0.5) is 0 Å². The Hall–Kier alpha value is -1.33. The van der Waals surface area contributed by atoms with Crippen LogP contribution in [0.5, 0.6) is 0 Å². The zero-order valence-corrected chi connectivity index (χ0v) is 11.4. The van der Waals surface area contributed by atoms with Crippen LogP contribution in [0.2, 0.25) is 0 Å². The molecule has 5 heteroatoms. The zero-order chi connectivity index (χ0) is 13.7. The molecule has 0 aromatic carbocycles. The van der Waals surface area contributed by atoms with Gasteiger partial charge in [0.25, 0.3) is 5.91 Å². The summed E-state index contributed by atoms with van der Waals surface area (Å²) in [6.07, 6.45) is 4.10. The minimum absolute atomic E-state index is 0.0520. The van der Waals surface area contributed by atoms with Gasteiger partial charge in [-0.2, -0.15) is 0 Å². The standard InChI is InChI=1S/C14H23N3O2/c1-11(10-18)9-16-14(19)13-3-2-8-17(13)12-4-6-15-7-5-12/h2-3,8,11-12,15,18H,4-7,9-10H2,1H3,(H,16,19). The van der Waals surface area contributed by atoms with Gasteiger partial charge in [0.15, 0.2) is 0 Å². The van der Waals surface area contributed by atoms with Crippen molar-refractivity contribution >= 4 is 5.91 Å². The third-order valence-corrected chi connectivity index (χ3v) is 3.64. The first-order valence-electron chi connectivity index (χ1n) is 6.99. The molecule has 0 aliphatic carbocycles. The molecule has 1 aromatic heterocycles. The van der Waals surface area contributed by atoms with Crippen molar-refractivity contribution in [1.29, 1.82) is 0 Å². The highest BCUT2D eigenvalue weighted by Crippen LogP contribution is 2.21. The Labute approximate surface area is 114 Å². The number of piperidine rings is 1. The molecule has 1 amide bonds. The van der Waals surface area contributed by atoms with E-state index in [9.17, 15) is 4.79 Å². The topological polar surface area (TPSA) is 66.3 Å². The second-order valence-electron chi connectivity index (χ2n) is 5.28. The summed E-state index contributed by atoms with van der Waals surface area (Å²) in [5, 5.41) is 15.2. The number of carbonyl (C=O) groups excluding carboxylic acids is 1. The van der Waals surface area contributed by atoms with Crippen LogP contribution in [-0.4, -0.2) is 41.8 Å². The Balaban J connectivity index is 1.99. The lowest BCUT2D eigenvalue weighted by Crippen LogP contribution is -2.34. The number of carbonyl (C=O) groups is 1. The molecule has 3 N–H and O–H groups in total. The van der Waals surface area contributed by atoms with Crippen molar-refractivity contribution in [2.75, 3.05) is 26.2 Å². The molecule has 5 nitrogen and oxygen atoms in total. The first kappa shape index (κ1) is 14.1. The summed E-state index contributed by atoms with van der Waals surface area (Å²) < 4.78 is 2.08. The average Bonchev–Trinajstić information content (AvgIpc) is 2.94. The maximum atomic E-state index is 12.2. The van der Waals surface area contributed by atoms with E-state index in [1.54, 1.807) is 0 Å². The summed E-state index contributed by atoms with van der Waals surface area (Å²) >= 11 is 0. The third kappa shape index (κ3) is 3.58. The number of amides is 1. The fraction of sp³-hybridized carbons (Fsp3) is 0.643. The SMILES string of the molecule is CC(CO)CNC(=O)c1cccn1C1CCNCC1. The second-order valence-corrected chi connectivity index (χ2v) is 5.28. The minimum atomic E-state index is -0.0520. The summed E-state index contributed by atoms with van der Waals surface area (Å²) in [6, 6.07) is 4.19. The molecule has 0 radical (unpaired) electrons. The first-order valence-corrected chi connectivity index (χ1v) is 6.99. The summed E-state index contributed by atoms with van der Waals surface area (Å²) in [6.45, 7) is 4.52. The monoisotopic (exact) mass is 265 g/mol. The zero-order valence-electron chi connectivity index (χ0n) is 11.4. The molecular weight excluding hydrogens is 242 g/mol. The van der Waals surface area contributed by atoms with E-state index in [4.69, 9.17) is 5.11 Å². The van der Waals surface area contributed by atoms with Crippen molar-refractivity contribution in [2.24, 2.45) is 5.92 Å². The Bertz CT molecular complexity index is 411. The highest BCUT2D eigenvalue weighted by atomic mass is 16.3. The molecule has 2 heterocycles. The molecule has 0 bridgehead atoms. The van der Waals surface area contributed by atoms with Crippen LogP contribution in [0, 0.1) is 5.92 Å². The van der Waals surface area contributed by atoms with Gasteiger partial charge in [-0.3, -0.25) is 4.79 Å². The van der Waals surface area contributed by atoms with Gasteiger partial charge in [-0.05, 0) is 44.0 Å². The fourth-order valence-corrected chi connectivity index (χ4v) is 2.41. The summed E-state index contributed by atoms with van der Waals surface area (Å²) in [7, 11) is 0. The van der Waals surface area contributed by atoms with Crippen LogP contribution >= 0.6 is 0 Å². The van der Waals surface area contributed by atoms with Gasteiger partial charge < -0.3 is 20.3 Å². The number of hydrogen-bond donors (Lipinski definition) is 3. The smallest absolute Gasteiger partial charge is 0.267 e. The highest BCUT2D eigenvalue weighted by molar-refractivity contribution is 5.92. The maximum Gasteiger partial charge on any atom is 0.267 e. The summed E-state index contributed by atoms with van der Waals surface area (Å²) in [5.41, 5.74) is 0.719. The van der Waals surface area contributed by atoms with Crippen molar-refractivity contribution in [3.8, 4) is 0 Å². The first-order chi connectivity index (χ1) is 9.22. The number of rotatable bonds is 5. The van der Waals surface area contributed by atoms with E-state index in [2.05, 4.69) is 15.2 Å². The molecule has 0 spiro atoms. The number of aromatic nitrogens is 1. The van der Waals surface area contributed by atoms with E-state index < -0.39 is 0 Å². The molecule has 2 rings (SSSR count). The molecule has 106 valence electrons. The number of nitrogens with zero attached hydrogens (tertiary/aromatic N) is 1. The van der Waals surface area contributed by atoms with Crippen LogP contribution in [-0.2, 0) is 0 Å². The lowest BCUT2D eigenvalue weighted by Gasteiger charge is -2.26.